The van der Waals surface area contributed by atoms with Gasteiger partial charge in [-0.15, -0.1) is 0 Å². The van der Waals surface area contributed by atoms with E-state index >= 15 is 0 Å². The molecule has 1 unspecified atom stereocenters. The molecule has 0 aromatic heterocycles. The van der Waals surface area contributed by atoms with Crippen LogP contribution in [0, 0.1) is 5.41 Å². The van der Waals surface area contributed by atoms with E-state index < -0.39 is 0 Å². The molecule has 76 valence electrons. The van der Waals surface area contributed by atoms with E-state index in [1.165, 1.54) is 45.2 Å². The number of piperidine rings is 1. The molecule has 1 saturated heterocycles. The lowest BCUT2D eigenvalue weighted by Gasteiger charge is -2.38. The summed E-state index contributed by atoms with van der Waals surface area (Å²) in [6.45, 7) is 2.67. The van der Waals surface area contributed by atoms with E-state index in [-0.39, 0.29) is 0 Å². The Kier molecular flexibility index (Phi) is 2.89. The minimum Gasteiger partial charge on any atom is -0.306 e. The second-order valence-electron chi connectivity index (χ2n) is 4.90. The smallest absolute Gasteiger partial charge is 0.00497 e. The maximum Gasteiger partial charge on any atom is 0.00497 e. The summed E-state index contributed by atoms with van der Waals surface area (Å²) in [5, 5.41) is 0.975. The number of likely N-dealkylation sites (tertiary alicyclic amines) is 1. The van der Waals surface area contributed by atoms with Crippen LogP contribution in [0.1, 0.15) is 32.1 Å². The van der Waals surface area contributed by atoms with Crippen molar-refractivity contribution < 1.29 is 0 Å². The molecule has 0 radical (unpaired) electrons. The van der Waals surface area contributed by atoms with Crippen molar-refractivity contribution in [3.63, 3.8) is 0 Å². The van der Waals surface area contributed by atoms with Crippen molar-refractivity contribution in [2.24, 2.45) is 5.41 Å². The quantitative estimate of drug-likeness (QED) is 0.638. The third-order valence-corrected chi connectivity index (χ3v) is 5.11. The summed E-state index contributed by atoms with van der Waals surface area (Å²) in [4.78, 5) is 2.48. The van der Waals surface area contributed by atoms with Gasteiger partial charge in [-0.3, -0.25) is 0 Å². The van der Waals surface area contributed by atoms with Crippen LogP contribution in [0.2, 0.25) is 0 Å². The Morgan fingerprint density at radius 3 is 2.46 bits per heavy atom. The lowest BCUT2D eigenvalue weighted by Crippen LogP contribution is -2.36. The van der Waals surface area contributed by atoms with Gasteiger partial charge in [0.1, 0.15) is 0 Å². The largest absolute Gasteiger partial charge is 0.306 e. The molecule has 1 heterocycles. The second-order valence-corrected chi connectivity index (χ2v) is 6.04. The van der Waals surface area contributed by atoms with Crippen LogP contribution in [0.25, 0.3) is 0 Å². The van der Waals surface area contributed by atoms with Crippen LogP contribution in [0.3, 0.4) is 0 Å². The number of hydrogen-bond acceptors (Lipinski definition) is 2. The number of thioether (sulfide) groups is 1. The first-order chi connectivity index (χ1) is 6.24. The molecule has 2 rings (SSSR count). The summed E-state index contributed by atoms with van der Waals surface area (Å²) in [5.41, 5.74) is 0.764. The van der Waals surface area contributed by atoms with Crippen LogP contribution >= 0.6 is 11.8 Å². The third kappa shape index (κ3) is 2.04. The van der Waals surface area contributed by atoms with Crippen LogP contribution in [-0.2, 0) is 0 Å². The molecule has 1 aliphatic carbocycles. The highest BCUT2D eigenvalue weighted by molar-refractivity contribution is 7.99. The summed E-state index contributed by atoms with van der Waals surface area (Å²) < 4.78 is 0. The van der Waals surface area contributed by atoms with Crippen LogP contribution in [0.4, 0.5) is 0 Å². The lowest BCUT2D eigenvalue weighted by atomic mass is 9.77. The van der Waals surface area contributed by atoms with E-state index in [1.807, 2.05) is 0 Å². The molecule has 0 N–H and O–H groups in total. The van der Waals surface area contributed by atoms with Gasteiger partial charge in [0, 0.05) is 5.25 Å². The molecule has 0 aromatic carbocycles. The summed E-state index contributed by atoms with van der Waals surface area (Å²) in [6.07, 6.45) is 9.68. The fraction of sp³-hybridized carbons (Fsp3) is 1.00. The molecule has 0 amide bonds. The van der Waals surface area contributed by atoms with Crippen LogP contribution in [-0.4, -0.2) is 36.5 Å². The van der Waals surface area contributed by atoms with Crippen molar-refractivity contribution in [3.8, 4) is 0 Å². The fourth-order valence-electron chi connectivity index (χ4n) is 2.90. The van der Waals surface area contributed by atoms with Crippen molar-refractivity contribution in [1.29, 1.82) is 0 Å². The molecule has 1 spiro atoms. The zero-order chi connectivity index (χ0) is 9.31. The summed E-state index contributed by atoms with van der Waals surface area (Å²) in [5.74, 6) is 0. The molecule has 2 aliphatic rings. The Balaban J connectivity index is 1.92. The minimum absolute atomic E-state index is 0.764. The van der Waals surface area contributed by atoms with Gasteiger partial charge in [0.15, 0.2) is 0 Å². The number of hydrogen-bond donors (Lipinski definition) is 0. The van der Waals surface area contributed by atoms with Gasteiger partial charge in [-0.2, -0.15) is 11.8 Å². The zero-order valence-corrected chi connectivity index (χ0v) is 9.70. The summed E-state index contributed by atoms with van der Waals surface area (Å²) in [7, 11) is 2.26. The maximum absolute atomic E-state index is 2.48. The molecular weight excluding hydrogens is 178 g/mol. The number of nitrogens with zero attached hydrogens (tertiary/aromatic N) is 1. The molecule has 0 bridgehead atoms. The average molecular weight is 199 g/mol. The monoisotopic (exact) mass is 199 g/mol. The SMILES string of the molecule is CSC1CCC2(CCN(C)CC2)C1. The highest BCUT2D eigenvalue weighted by atomic mass is 32.2. The van der Waals surface area contributed by atoms with E-state index in [2.05, 4.69) is 30.0 Å². The van der Waals surface area contributed by atoms with E-state index in [0.717, 1.165) is 10.7 Å². The van der Waals surface area contributed by atoms with Gasteiger partial charge in [0.25, 0.3) is 0 Å². The van der Waals surface area contributed by atoms with Gasteiger partial charge in [-0.1, -0.05) is 0 Å². The van der Waals surface area contributed by atoms with Gasteiger partial charge in [0.2, 0.25) is 0 Å². The third-order valence-electron chi connectivity index (χ3n) is 4.04. The first-order valence-corrected chi connectivity index (χ1v) is 6.74. The highest BCUT2D eigenvalue weighted by Gasteiger charge is 2.40. The summed E-state index contributed by atoms with van der Waals surface area (Å²) in [6, 6.07) is 0. The normalized spacial score (nSPS) is 34.2. The van der Waals surface area contributed by atoms with E-state index in [4.69, 9.17) is 0 Å². The molecule has 2 fully saturated rings. The maximum atomic E-state index is 2.48. The van der Waals surface area contributed by atoms with Crippen molar-refractivity contribution in [2.75, 3.05) is 26.4 Å². The Morgan fingerprint density at radius 1 is 1.23 bits per heavy atom. The molecule has 1 atom stereocenters. The van der Waals surface area contributed by atoms with Crippen LogP contribution < -0.4 is 0 Å². The molecule has 2 heteroatoms. The average Bonchev–Trinajstić information content (AvgIpc) is 2.55. The second kappa shape index (κ2) is 3.82. The standard InChI is InChI=1S/C11H21NS/c1-12-7-5-11(6-8-12)4-3-10(9-11)13-2/h10H,3-9H2,1-2H3. The van der Waals surface area contributed by atoms with Crippen LogP contribution in [0.15, 0.2) is 0 Å². The van der Waals surface area contributed by atoms with Crippen molar-refractivity contribution in [1.82, 2.24) is 4.90 Å². The first-order valence-electron chi connectivity index (χ1n) is 5.45. The number of rotatable bonds is 1. The predicted molar refractivity (Wildman–Crippen MR) is 60.3 cm³/mol. The van der Waals surface area contributed by atoms with E-state index in [0.29, 0.717) is 0 Å². The first kappa shape index (κ1) is 9.85. The summed E-state index contributed by atoms with van der Waals surface area (Å²) >= 11 is 2.09. The zero-order valence-electron chi connectivity index (χ0n) is 8.88. The van der Waals surface area contributed by atoms with Gasteiger partial charge in [-0.05, 0) is 63.9 Å². The van der Waals surface area contributed by atoms with E-state index in [1.54, 1.807) is 0 Å². The van der Waals surface area contributed by atoms with Gasteiger partial charge in [0.05, 0.1) is 0 Å². The predicted octanol–water partition coefficient (Wildman–Crippen LogP) is 2.61. The Labute approximate surface area is 86.3 Å². The molecule has 1 saturated carbocycles. The van der Waals surface area contributed by atoms with Crippen molar-refractivity contribution in [2.45, 2.75) is 37.4 Å². The molecule has 1 nitrogen and oxygen atoms in total. The Hall–Kier alpha value is 0.310. The molecule has 1 aliphatic heterocycles. The lowest BCUT2D eigenvalue weighted by molar-refractivity contribution is 0.128. The van der Waals surface area contributed by atoms with Crippen molar-refractivity contribution >= 4 is 11.8 Å². The van der Waals surface area contributed by atoms with Crippen LogP contribution in [0.5, 0.6) is 0 Å². The minimum atomic E-state index is 0.764. The van der Waals surface area contributed by atoms with Crippen molar-refractivity contribution in [3.05, 3.63) is 0 Å². The van der Waals surface area contributed by atoms with Gasteiger partial charge in [-0.25, -0.2) is 0 Å². The van der Waals surface area contributed by atoms with Gasteiger partial charge < -0.3 is 4.90 Å². The Morgan fingerprint density at radius 2 is 1.92 bits per heavy atom. The fourth-order valence-corrected chi connectivity index (χ4v) is 3.78. The topological polar surface area (TPSA) is 3.24 Å². The van der Waals surface area contributed by atoms with Gasteiger partial charge >= 0.3 is 0 Å². The molecule has 13 heavy (non-hydrogen) atoms. The Bertz CT molecular complexity index is 173. The highest BCUT2D eigenvalue weighted by Crippen LogP contribution is 2.48. The molecular formula is C11H21NS. The van der Waals surface area contributed by atoms with E-state index in [9.17, 15) is 0 Å². The molecule has 0 aromatic rings.